The van der Waals surface area contributed by atoms with Crippen molar-refractivity contribution in [2.75, 3.05) is 0 Å². The van der Waals surface area contributed by atoms with Crippen molar-refractivity contribution in [2.45, 2.75) is 19.3 Å². The molecule has 33 heavy (non-hydrogen) atoms. The molecular formula is C31H21BrO. The van der Waals surface area contributed by atoms with Crippen LogP contribution in [-0.2, 0) is 5.41 Å². The van der Waals surface area contributed by atoms with E-state index in [1.807, 2.05) is 6.07 Å². The first-order chi connectivity index (χ1) is 16.2. The highest BCUT2D eigenvalue weighted by Crippen LogP contribution is 2.64. The Bertz CT molecular complexity index is 1700. The van der Waals surface area contributed by atoms with E-state index in [9.17, 15) is 0 Å². The Morgan fingerprint density at radius 2 is 1.52 bits per heavy atom. The first kappa shape index (κ1) is 19.1. The minimum atomic E-state index is -0.339. The largest absolute Gasteiger partial charge is 0.456 e. The van der Waals surface area contributed by atoms with E-state index in [1.165, 1.54) is 55.3 Å². The molecule has 0 amide bonds. The lowest BCUT2D eigenvalue weighted by Gasteiger charge is -2.31. The summed E-state index contributed by atoms with van der Waals surface area (Å²) >= 11 is 3.87. The molecule has 0 saturated carbocycles. The maximum absolute atomic E-state index is 6.29. The third-order valence-corrected chi connectivity index (χ3v) is 8.14. The molecular weight excluding hydrogens is 468 g/mol. The second-order valence-corrected chi connectivity index (χ2v) is 9.81. The molecule has 0 bridgehead atoms. The molecule has 4 aromatic carbocycles. The van der Waals surface area contributed by atoms with E-state index in [0.717, 1.165) is 15.6 Å². The van der Waals surface area contributed by atoms with Crippen molar-refractivity contribution >= 4 is 43.4 Å². The van der Waals surface area contributed by atoms with E-state index >= 15 is 0 Å². The van der Waals surface area contributed by atoms with E-state index in [2.05, 4.69) is 115 Å². The number of hydrogen-bond acceptors (Lipinski definition) is 1. The molecule has 0 aliphatic heterocycles. The Kier molecular flexibility index (Phi) is 3.82. The molecule has 1 unspecified atom stereocenters. The highest BCUT2D eigenvalue weighted by Gasteiger charge is 2.52. The second kappa shape index (κ2) is 6.59. The van der Waals surface area contributed by atoms with Crippen LogP contribution in [0, 0.1) is 0 Å². The molecule has 2 aliphatic rings. The summed E-state index contributed by atoms with van der Waals surface area (Å²) in [6.07, 6.45) is 4.48. The van der Waals surface area contributed by atoms with Gasteiger partial charge in [-0.05, 0) is 76.6 Å². The predicted molar refractivity (Wildman–Crippen MR) is 141 cm³/mol. The Morgan fingerprint density at radius 3 is 2.39 bits per heavy atom. The summed E-state index contributed by atoms with van der Waals surface area (Å²) in [6, 6.07) is 28.4. The average Bonchev–Trinajstić information content (AvgIpc) is 3.44. The van der Waals surface area contributed by atoms with Gasteiger partial charge in [0, 0.05) is 15.2 Å². The van der Waals surface area contributed by atoms with Crippen LogP contribution in [0.25, 0.3) is 38.6 Å². The number of benzene rings is 4. The molecule has 1 heterocycles. The van der Waals surface area contributed by atoms with Gasteiger partial charge < -0.3 is 4.42 Å². The van der Waals surface area contributed by atoms with Gasteiger partial charge in [-0.25, -0.2) is 0 Å². The number of rotatable bonds is 1. The van der Waals surface area contributed by atoms with E-state index < -0.39 is 0 Å². The van der Waals surface area contributed by atoms with Crippen LogP contribution in [0.2, 0.25) is 0 Å². The number of para-hydroxylation sites is 1. The zero-order valence-corrected chi connectivity index (χ0v) is 20.0. The predicted octanol–water partition coefficient (Wildman–Crippen LogP) is 9.03. The van der Waals surface area contributed by atoms with Crippen LogP contribution in [-0.4, -0.2) is 0 Å². The summed E-state index contributed by atoms with van der Waals surface area (Å²) in [7, 11) is 0. The fourth-order valence-electron chi connectivity index (χ4n) is 6.36. The quantitative estimate of drug-likeness (QED) is 0.229. The summed E-state index contributed by atoms with van der Waals surface area (Å²) in [5, 5.41) is 2.39. The summed E-state index contributed by atoms with van der Waals surface area (Å²) < 4.78 is 7.44. The normalized spacial score (nSPS) is 18.6. The number of furan rings is 1. The number of halogens is 1. The molecule has 1 aromatic heterocycles. The lowest BCUT2D eigenvalue weighted by Crippen LogP contribution is -2.26. The van der Waals surface area contributed by atoms with Gasteiger partial charge in [0.1, 0.15) is 11.2 Å². The van der Waals surface area contributed by atoms with Gasteiger partial charge in [0.15, 0.2) is 0 Å². The topological polar surface area (TPSA) is 13.1 Å². The molecule has 2 heteroatoms. The van der Waals surface area contributed by atoms with Crippen LogP contribution in [0.5, 0.6) is 0 Å². The Hall–Kier alpha value is -3.36. The molecule has 2 aliphatic carbocycles. The van der Waals surface area contributed by atoms with Crippen molar-refractivity contribution in [3.05, 3.63) is 123 Å². The number of hydrogen-bond donors (Lipinski definition) is 0. The fraction of sp³-hybridized carbons (Fsp3) is 0.0968. The Balaban J connectivity index is 1.75. The lowest BCUT2D eigenvalue weighted by atomic mass is 9.69. The standard InChI is InChI=1S/C31H21BrO/c1-3-9-21-18(2)28-23(13-8-14-25(28)32)31(21)22-12-6-4-10-19(22)29-24(31)16-17-27-30(29)20-11-5-7-15-26(20)33-27/h3-17H,1-2H3. The van der Waals surface area contributed by atoms with E-state index in [-0.39, 0.29) is 5.41 Å². The highest BCUT2D eigenvalue weighted by atomic mass is 79.9. The van der Waals surface area contributed by atoms with Crippen LogP contribution in [0.3, 0.4) is 0 Å². The summed E-state index contributed by atoms with van der Waals surface area (Å²) in [5.41, 5.74) is 12.2. The zero-order chi connectivity index (χ0) is 22.3. The van der Waals surface area contributed by atoms with Crippen molar-refractivity contribution in [1.82, 2.24) is 0 Å². The van der Waals surface area contributed by atoms with Gasteiger partial charge in [-0.3, -0.25) is 0 Å². The first-order valence-corrected chi connectivity index (χ1v) is 12.1. The minimum absolute atomic E-state index is 0.339. The molecule has 0 saturated heterocycles. The van der Waals surface area contributed by atoms with Gasteiger partial charge in [0.2, 0.25) is 0 Å². The van der Waals surface area contributed by atoms with Gasteiger partial charge in [0.05, 0.1) is 5.41 Å². The van der Waals surface area contributed by atoms with Gasteiger partial charge >= 0.3 is 0 Å². The molecule has 158 valence electrons. The molecule has 5 aromatic rings. The third-order valence-electron chi connectivity index (χ3n) is 7.48. The molecule has 1 nitrogen and oxygen atoms in total. The number of allylic oxidation sites excluding steroid dienone is 4. The third kappa shape index (κ3) is 2.18. The maximum atomic E-state index is 6.29. The van der Waals surface area contributed by atoms with E-state index in [0.29, 0.717) is 0 Å². The van der Waals surface area contributed by atoms with Gasteiger partial charge in [-0.1, -0.05) is 88.7 Å². The molecule has 1 atom stereocenters. The second-order valence-electron chi connectivity index (χ2n) is 8.96. The molecule has 0 N–H and O–H groups in total. The maximum Gasteiger partial charge on any atom is 0.136 e. The van der Waals surface area contributed by atoms with Crippen molar-refractivity contribution < 1.29 is 4.42 Å². The smallest absolute Gasteiger partial charge is 0.136 e. The molecule has 7 rings (SSSR count). The van der Waals surface area contributed by atoms with Crippen LogP contribution in [0.4, 0.5) is 0 Å². The number of fused-ring (bicyclic) bond motifs is 11. The zero-order valence-electron chi connectivity index (χ0n) is 18.4. The average molecular weight is 489 g/mol. The summed E-state index contributed by atoms with van der Waals surface area (Å²) in [6.45, 7) is 4.38. The van der Waals surface area contributed by atoms with Gasteiger partial charge in [0.25, 0.3) is 0 Å². The van der Waals surface area contributed by atoms with Gasteiger partial charge in [-0.2, -0.15) is 0 Å². The highest BCUT2D eigenvalue weighted by molar-refractivity contribution is 9.10. The monoisotopic (exact) mass is 488 g/mol. The van der Waals surface area contributed by atoms with Crippen molar-refractivity contribution in [2.24, 2.45) is 0 Å². The summed E-state index contributed by atoms with van der Waals surface area (Å²) in [4.78, 5) is 0. The van der Waals surface area contributed by atoms with Crippen LogP contribution < -0.4 is 0 Å². The van der Waals surface area contributed by atoms with Crippen molar-refractivity contribution in [1.29, 1.82) is 0 Å². The Morgan fingerprint density at radius 1 is 0.758 bits per heavy atom. The lowest BCUT2D eigenvalue weighted by molar-refractivity contribution is 0.668. The fourth-order valence-corrected chi connectivity index (χ4v) is 7.02. The van der Waals surface area contributed by atoms with E-state index in [4.69, 9.17) is 4.42 Å². The molecule has 0 radical (unpaired) electrons. The Labute approximate surface area is 201 Å². The van der Waals surface area contributed by atoms with Crippen LogP contribution >= 0.6 is 15.9 Å². The SMILES string of the molecule is CC=CC1=C(C)c2c(Br)cccc2C12c1ccccc1-c1c2ccc2oc3ccccc3c12. The van der Waals surface area contributed by atoms with Crippen LogP contribution in [0.1, 0.15) is 36.1 Å². The van der Waals surface area contributed by atoms with Crippen LogP contribution in [0.15, 0.2) is 105 Å². The van der Waals surface area contributed by atoms with Crippen molar-refractivity contribution in [3.63, 3.8) is 0 Å². The van der Waals surface area contributed by atoms with Gasteiger partial charge in [-0.15, -0.1) is 0 Å². The molecule has 1 spiro atoms. The van der Waals surface area contributed by atoms with Crippen molar-refractivity contribution in [3.8, 4) is 11.1 Å². The molecule has 0 fully saturated rings. The first-order valence-electron chi connectivity index (χ1n) is 11.4. The van der Waals surface area contributed by atoms with E-state index in [1.54, 1.807) is 0 Å². The minimum Gasteiger partial charge on any atom is -0.456 e. The summed E-state index contributed by atoms with van der Waals surface area (Å²) in [5.74, 6) is 0.